The summed E-state index contributed by atoms with van der Waals surface area (Å²) in [7, 11) is 0. The molecule has 19 heavy (non-hydrogen) atoms. The topological polar surface area (TPSA) is 66.4 Å². The van der Waals surface area contributed by atoms with Crippen LogP contribution in [0.2, 0.25) is 0 Å². The molecule has 2 aliphatic rings. The maximum absolute atomic E-state index is 12.2. The lowest BCUT2D eigenvalue weighted by Crippen LogP contribution is -2.39. The highest BCUT2D eigenvalue weighted by Gasteiger charge is 2.51. The van der Waals surface area contributed by atoms with Crippen molar-refractivity contribution in [3.8, 4) is 0 Å². The number of allylic oxidation sites excluding steroid dienone is 2. The first-order valence-electron chi connectivity index (χ1n) is 6.38. The molecule has 0 saturated heterocycles. The SMILES string of the molecule is O=C(O)C1C(C(=O)NCc2cccs2)[C@H]2C=C[C@@H]1C2. The van der Waals surface area contributed by atoms with Gasteiger partial charge in [0.2, 0.25) is 5.91 Å². The van der Waals surface area contributed by atoms with E-state index in [0.29, 0.717) is 6.54 Å². The fraction of sp³-hybridized carbons (Fsp3) is 0.429. The third kappa shape index (κ3) is 2.18. The molecule has 4 nitrogen and oxygen atoms in total. The number of aliphatic carboxylic acids is 1. The van der Waals surface area contributed by atoms with Crippen LogP contribution in [0.3, 0.4) is 0 Å². The number of nitrogens with one attached hydrogen (secondary N) is 1. The summed E-state index contributed by atoms with van der Waals surface area (Å²) in [5.41, 5.74) is 0. The summed E-state index contributed by atoms with van der Waals surface area (Å²) in [6.07, 6.45) is 4.75. The van der Waals surface area contributed by atoms with Crippen molar-refractivity contribution in [3.05, 3.63) is 34.5 Å². The number of thiophene rings is 1. The molecule has 2 N–H and O–H groups in total. The normalized spacial score (nSPS) is 31.6. The van der Waals surface area contributed by atoms with Crippen LogP contribution in [0.4, 0.5) is 0 Å². The molecule has 1 amide bonds. The largest absolute Gasteiger partial charge is 0.481 e. The lowest BCUT2D eigenvalue weighted by Gasteiger charge is -2.23. The molecule has 2 unspecified atom stereocenters. The van der Waals surface area contributed by atoms with Crippen LogP contribution in [-0.4, -0.2) is 17.0 Å². The van der Waals surface area contributed by atoms with E-state index in [-0.39, 0.29) is 17.7 Å². The summed E-state index contributed by atoms with van der Waals surface area (Å²) in [5.74, 6) is -1.83. The number of carboxylic acid groups (broad SMARTS) is 1. The minimum Gasteiger partial charge on any atom is -0.481 e. The summed E-state index contributed by atoms with van der Waals surface area (Å²) >= 11 is 1.58. The fourth-order valence-corrected chi connectivity index (χ4v) is 3.87. The summed E-state index contributed by atoms with van der Waals surface area (Å²) in [6, 6.07) is 3.90. The molecule has 4 atom stereocenters. The Morgan fingerprint density at radius 1 is 1.32 bits per heavy atom. The van der Waals surface area contributed by atoms with Gasteiger partial charge >= 0.3 is 5.97 Å². The molecular weight excluding hydrogens is 262 g/mol. The Labute approximate surface area is 115 Å². The second-order valence-corrected chi connectivity index (χ2v) is 6.17. The first-order valence-corrected chi connectivity index (χ1v) is 7.26. The minimum absolute atomic E-state index is 0.0278. The zero-order valence-electron chi connectivity index (χ0n) is 10.3. The third-order valence-electron chi connectivity index (χ3n) is 4.06. The second kappa shape index (κ2) is 4.81. The summed E-state index contributed by atoms with van der Waals surface area (Å²) in [6.45, 7) is 0.487. The monoisotopic (exact) mass is 277 g/mol. The van der Waals surface area contributed by atoms with E-state index < -0.39 is 17.8 Å². The molecule has 2 aliphatic carbocycles. The van der Waals surface area contributed by atoms with Crippen LogP contribution in [0, 0.1) is 23.7 Å². The number of hydrogen-bond donors (Lipinski definition) is 2. The van der Waals surface area contributed by atoms with Gasteiger partial charge in [-0.15, -0.1) is 11.3 Å². The minimum atomic E-state index is -0.854. The highest BCUT2D eigenvalue weighted by molar-refractivity contribution is 7.09. The van der Waals surface area contributed by atoms with Crippen molar-refractivity contribution in [2.24, 2.45) is 23.7 Å². The van der Waals surface area contributed by atoms with E-state index in [9.17, 15) is 14.7 Å². The highest BCUT2D eigenvalue weighted by atomic mass is 32.1. The maximum atomic E-state index is 12.2. The van der Waals surface area contributed by atoms with Crippen molar-refractivity contribution in [2.45, 2.75) is 13.0 Å². The van der Waals surface area contributed by atoms with E-state index in [1.165, 1.54) is 0 Å². The van der Waals surface area contributed by atoms with Crippen LogP contribution in [0.25, 0.3) is 0 Å². The number of amides is 1. The number of hydrogen-bond acceptors (Lipinski definition) is 3. The first-order chi connectivity index (χ1) is 9.16. The van der Waals surface area contributed by atoms with Crippen LogP contribution < -0.4 is 5.32 Å². The van der Waals surface area contributed by atoms with Gasteiger partial charge in [0.1, 0.15) is 0 Å². The van der Waals surface area contributed by atoms with Crippen LogP contribution in [0.5, 0.6) is 0 Å². The standard InChI is InChI=1S/C14H15NO3S/c16-13(15-7-10-2-1-5-19-10)11-8-3-4-9(6-8)12(11)14(17)18/h1-5,8-9,11-12H,6-7H2,(H,15,16)(H,17,18)/t8-,9+,11?,12?/m0/s1. The number of fused-ring (bicyclic) bond motifs is 2. The summed E-state index contributed by atoms with van der Waals surface area (Å²) in [5, 5.41) is 14.1. The molecule has 0 aliphatic heterocycles. The van der Waals surface area contributed by atoms with Crippen LogP contribution in [0.15, 0.2) is 29.7 Å². The predicted octanol–water partition coefficient (Wildman–Crippen LogP) is 1.89. The molecule has 1 aromatic rings. The Balaban J connectivity index is 1.68. The van der Waals surface area contributed by atoms with Gasteiger partial charge in [-0.05, 0) is 29.7 Å². The molecule has 100 valence electrons. The zero-order chi connectivity index (χ0) is 13.4. The van der Waals surface area contributed by atoms with Gasteiger partial charge < -0.3 is 10.4 Å². The van der Waals surface area contributed by atoms with E-state index in [2.05, 4.69) is 5.32 Å². The van der Waals surface area contributed by atoms with Gasteiger partial charge in [0, 0.05) is 4.88 Å². The van der Waals surface area contributed by atoms with Crippen LogP contribution in [-0.2, 0) is 16.1 Å². The van der Waals surface area contributed by atoms with E-state index in [0.717, 1.165) is 11.3 Å². The van der Waals surface area contributed by atoms with E-state index in [1.54, 1.807) is 11.3 Å². The molecule has 0 aromatic carbocycles. The van der Waals surface area contributed by atoms with E-state index >= 15 is 0 Å². The van der Waals surface area contributed by atoms with Crippen molar-refractivity contribution in [1.29, 1.82) is 0 Å². The number of carbonyl (C=O) groups excluding carboxylic acids is 1. The number of carboxylic acids is 1. The Kier molecular flexibility index (Phi) is 3.14. The van der Waals surface area contributed by atoms with Gasteiger partial charge in [-0.2, -0.15) is 0 Å². The molecular formula is C14H15NO3S. The van der Waals surface area contributed by atoms with Gasteiger partial charge in [-0.1, -0.05) is 18.2 Å². The highest BCUT2D eigenvalue weighted by Crippen LogP contribution is 2.48. The van der Waals surface area contributed by atoms with Gasteiger partial charge in [0.15, 0.2) is 0 Å². The van der Waals surface area contributed by atoms with Crippen molar-refractivity contribution < 1.29 is 14.7 Å². The lowest BCUT2D eigenvalue weighted by atomic mass is 9.82. The molecule has 2 bridgehead atoms. The molecule has 3 rings (SSSR count). The van der Waals surface area contributed by atoms with Gasteiger partial charge in [-0.3, -0.25) is 9.59 Å². The summed E-state index contributed by atoms with van der Waals surface area (Å²) in [4.78, 5) is 24.7. The summed E-state index contributed by atoms with van der Waals surface area (Å²) < 4.78 is 0. The molecule has 5 heteroatoms. The van der Waals surface area contributed by atoms with Crippen molar-refractivity contribution in [1.82, 2.24) is 5.32 Å². The Hall–Kier alpha value is -1.62. The Morgan fingerprint density at radius 3 is 2.68 bits per heavy atom. The van der Waals surface area contributed by atoms with E-state index in [1.807, 2.05) is 29.7 Å². The number of rotatable bonds is 4. The lowest BCUT2D eigenvalue weighted by molar-refractivity contribution is -0.147. The van der Waals surface area contributed by atoms with Crippen molar-refractivity contribution >= 4 is 23.2 Å². The molecule has 1 aromatic heterocycles. The quantitative estimate of drug-likeness (QED) is 0.826. The first kappa shape index (κ1) is 12.4. The van der Waals surface area contributed by atoms with Crippen LogP contribution >= 0.6 is 11.3 Å². The second-order valence-electron chi connectivity index (χ2n) is 5.14. The number of carbonyl (C=O) groups is 2. The predicted molar refractivity (Wildman–Crippen MR) is 71.5 cm³/mol. The molecule has 0 radical (unpaired) electrons. The average molecular weight is 277 g/mol. The van der Waals surface area contributed by atoms with Gasteiger partial charge in [0.25, 0.3) is 0 Å². The Morgan fingerprint density at radius 2 is 2.05 bits per heavy atom. The maximum Gasteiger partial charge on any atom is 0.307 e. The fourth-order valence-electron chi connectivity index (χ4n) is 3.22. The molecule has 0 spiro atoms. The van der Waals surface area contributed by atoms with Crippen molar-refractivity contribution in [2.75, 3.05) is 0 Å². The molecule has 1 saturated carbocycles. The Bertz CT molecular complexity index is 523. The zero-order valence-corrected chi connectivity index (χ0v) is 11.1. The van der Waals surface area contributed by atoms with Gasteiger partial charge in [0.05, 0.1) is 18.4 Å². The van der Waals surface area contributed by atoms with Gasteiger partial charge in [-0.25, -0.2) is 0 Å². The van der Waals surface area contributed by atoms with Crippen molar-refractivity contribution in [3.63, 3.8) is 0 Å². The van der Waals surface area contributed by atoms with Crippen LogP contribution in [0.1, 0.15) is 11.3 Å². The molecule has 1 fully saturated rings. The molecule has 1 heterocycles. The van der Waals surface area contributed by atoms with E-state index in [4.69, 9.17) is 0 Å². The average Bonchev–Trinajstić information content (AvgIpc) is 3.10. The smallest absolute Gasteiger partial charge is 0.307 e. The third-order valence-corrected chi connectivity index (χ3v) is 4.94.